The van der Waals surface area contributed by atoms with Gasteiger partial charge in [0.2, 0.25) is 15.9 Å². The predicted molar refractivity (Wildman–Crippen MR) is 106 cm³/mol. The Morgan fingerprint density at radius 1 is 1.15 bits per heavy atom. The largest absolute Gasteiger partial charge is 0.340 e. The Morgan fingerprint density at radius 3 is 2.44 bits per heavy atom. The highest BCUT2D eigenvalue weighted by Gasteiger charge is 2.32. The van der Waals surface area contributed by atoms with Crippen LogP contribution in [0.5, 0.6) is 0 Å². The van der Waals surface area contributed by atoms with Crippen molar-refractivity contribution in [1.29, 1.82) is 0 Å². The van der Waals surface area contributed by atoms with Gasteiger partial charge in [0.15, 0.2) is 0 Å². The number of amides is 1. The Hall–Kier alpha value is -1.99. The number of sulfonamides is 1. The van der Waals surface area contributed by atoms with Gasteiger partial charge in [-0.3, -0.25) is 9.78 Å². The van der Waals surface area contributed by atoms with E-state index in [1.807, 2.05) is 39.8 Å². The van der Waals surface area contributed by atoms with E-state index in [1.54, 1.807) is 23.2 Å². The van der Waals surface area contributed by atoms with E-state index in [-0.39, 0.29) is 16.2 Å². The molecular weight excluding hydrogens is 362 g/mol. The number of pyridine rings is 1. The zero-order valence-corrected chi connectivity index (χ0v) is 17.2. The predicted octanol–water partition coefficient (Wildman–Crippen LogP) is 2.81. The van der Waals surface area contributed by atoms with Crippen molar-refractivity contribution in [2.75, 3.05) is 26.2 Å². The van der Waals surface area contributed by atoms with Crippen LogP contribution in [0, 0.1) is 12.3 Å². The molecule has 0 spiro atoms. The minimum atomic E-state index is -3.65. The molecule has 0 radical (unpaired) electrons. The highest BCUT2D eigenvalue weighted by atomic mass is 32.2. The van der Waals surface area contributed by atoms with Gasteiger partial charge in [-0.25, -0.2) is 8.42 Å². The summed E-state index contributed by atoms with van der Waals surface area (Å²) in [6, 6.07) is 7.17. The molecule has 0 atom stereocenters. The van der Waals surface area contributed by atoms with Gasteiger partial charge in [0.25, 0.3) is 0 Å². The van der Waals surface area contributed by atoms with Crippen molar-refractivity contribution in [1.82, 2.24) is 14.2 Å². The molecule has 7 heteroatoms. The van der Waals surface area contributed by atoms with E-state index in [0.717, 1.165) is 10.9 Å². The maximum absolute atomic E-state index is 13.2. The van der Waals surface area contributed by atoms with Crippen LogP contribution in [0.3, 0.4) is 0 Å². The molecule has 27 heavy (non-hydrogen) atoms. The van der Waals surface area contributed by atoms with Gasteiger partial charge in [-0.15, -0.1) is 0 Å². The molecule has 1 aliphatic heterocycles. The minimum absolute atomic E-state index is 0.0763. The summed E-state index contributed by atoms with van der Waals surface area (Å²) in [6.07, 6.45) is 2.15. The monoisotopic (exact) mass is 389 g/mol. The van der Waals surface area contributed by atoms with Gasteiger partial charge in [0, 0.05) is 44.2 Å². The van der Waals surface area contributed by atoms with Crippen molar-refractivity contribution < 1.29 is 13.2 Å². The summed E-state index contributed by atoms with van der Waals surface area (Å²) in [5, 5.41) is 0.815. The van der Waals surface area contributed by atoms with Gasteiger partial charge in [0.05, 0.1) is 5.52 Å². The van der Waals surface area contributed by atoms with Gasteiger partial charge in [0.1, 0.15) is 4.90 Å². The van der Waals surface area contributed by atoms with Crippen molar-refractivity contribution in [3.05, 3.63) is 36.0 Å². The number of aromatic nitrogens is 1. The molecule has 1 fully saturated rings. The summed E-state index contributed by atoms with van der Waals surface area (Å²) < 4.78 is 27.8. The molecule has 0 saturated carbocycles. The molecule has 3 rings (SSSR count). The van der Waals surface area contributed by atoms with Crippen LogP contribution < -0.4 is 0 Å². The summed E-state index contributed by atoms with van der Waals surface area (Å²) in [7, 11) is -3.65. The number of hydrogen-bond acceptors (Lipinski definition) is 4. The van der Waals surface area contributed by atoms with Crippen LogP contribution >= 0.6 is 0 Å². The number of para-hydroxylation sites is 1. The Bertz CT molecular complexity index is 956. The van der Waals surface area contributed by atoms with E-state index in [0.29, 0.717) is 38.1 Å². The minimum Gasteiger partial charge on any atom is -0.340 e. The molecule has 1 aliphatic rings. The second-order valence-corrected chi connectivity index (χ2v) is 10.3. The number of rotatable bonds is 3. The fraction of sp³-hybridized carbons (Fsp3) is 0.500. The fourth-order valence-corrected chi connectivity index (χ4v) is 4.92. The van der Waals surface area contributed by atoms with E-state index in [4.69, 9.17) is 0 Å². The first-order chi connectivity index (χ1) is 12.6. The first-order valence-electron chi connectivity index (χ1n) is 9.21. The number of hydrogen-bond donors (Lipinski definition) is 0. The second-order valence-electron chi connectivity index (χ2n) is 8.36. The Morgan fingerprint density at radius 2 is 1.81 bits per heavy atom. The molecule has 2 aromatic rings. The summed E-state index contributed by atoms with van der Waals surface area (Å²) in [5.41, 5.74) is 1.41. The standard InChI is InChI=1S/C20H27N3O3S/c1-15-12-16-6-5-7-17(19(16)21-14-15)27(25,26)23-10-8-22(9-11-23)18(24)13-20(2,3)4/h5-7,12,14H,8-11,13H2,1-4H3. The van der Waals surface area contributed by atoms with Crippen molar-refractivity contribution in [3.8, 4) is 0 Å². The van der Waals surface area contributed by atoms with E-state index in [9.17, 15) is 13.2 Å². The maximum Gasteiger partial charge on any atom is 0.245 e. The molecule has 0 bridgehead atoms. The van der Waals surface area contributed by atoms with Crippen LogP contribution in [0.1, 0.15) is 32.8 Å². The van der Waals surface area contributed by atoms with Crippen LogP contribution in [-0.4, -0.2) is 54.7 Å². The summed E-state index contributed by atoms with van der Waals surface area (Å²) in [6.45, 7) is 9.47. The van der Waals surface area contributed by atoms with E-state index >= 15 is 0 Å². The lowest BCUT2D eigenvalue weighted by molar-refractivity contribution is -0.134. The Labute approximate surface area is 161 Å². The van der Waals surface area contributed by atoms with E-state index in [1.165, 1.54) is 4.31 Å². The average Bonchev–Trinajstić information content (AvgIpc) is 2.59. The first-order valence-corrected chi connectivity index (χ1v) is 10.7. The second kappa shape index (κ2) is 7.20. The van der Waals surface area contributed by atoms with Crippen molar-refractivity contribution in [2.24, 2.45) is 5.41 Å². The SMILES string of the molecule is Cc1cnc2c(S(=O)(=O)N3CCN(C(=O)CC(C)(C)C)CC3)cccc2c1. The number of benzene rings is 1. The van der Waals surface area contributed by atoms with Crippen molar-refractivity contribution in [2.45, 2.75) is 39.0 Å². The normalized spacial score (nSPS) is 16.7. The smallest absolute Gasteiger partial charge is 0.245 e. The van der Waals surface area contributed by atoms with E-state index in [2.05, 4.69) is 4.98 Å². The summed E-state index contributed by atoms with van der Waals surface area (Å²) in [4.78, 5) is 18.7. The summed E-state index contributed by atoms with van der Waals surface area (Å²) >= 11 is 0. The Kier molecular flexibility index (Phi) is 5.27. The van der Waals surface area contributed by atoms with Gasteiger partial charge in [-0.2, -0.15) is 4.31 Å². The van der Waals surface area contributed by atoms with Gasteiger partial charge >= 0.3 is 0 Å². The molecule has 6 nitrogen and oxygen atoms in total. The van der Waals surface area contributed by atoms with Crippen LogP contribution in [0.4, 0.5) is 0 Å². The molecule has 1 amide bonds. The third-order valence-corrected chi connectivity index (χ3v) is 6.63. The number of fused-ring (bicyclic) bond motifs is 1. The number of aryl methyl sites for hydroxylation is 1. The van der Waals surface area contributed by atoms with Crippen LogP contribution in [-0.2, 0) is 14.8 Å². The third kappa shape index (κ3) is 4.30. The molecule has 1 saturated heterocycles. The highest BCUT2D eigenvalue weighted by molar-refractivity contribution is 7.89. The van der Waals surface area contributed by atoms with Crippen molar-refractivity contribution >= 4 is 26.8 Å². The number of nitrogens with zero attached hydrogens (tertiary/aromatic N) is 3. The molecule has 0 unspecified atom stereocenters. The number of carbonyl (C=O) groups is 1. The highest BCUT2D eigenvalue weighted by Crippen LogP contribution is 2.26. The molecule has 2 heterocycles. The van der Waals surface area contributed by atoms with Gasteiger partial charge < -0.3 is 4.90 Å². The van der Waals surface area contributed by atoms with Crippen LogP contribution in [0.2, 0.25) is 0 Å². The molecule has 1 aromatic carbocycles. The summed E-state index contributed by atoms with van der Waals surface area (Å²) in [5.74, 6) is 0.0850. The third-order valence-electron chi connectivity index (χ3n) is 4.70. The average molecular weight is 390 g/mol. The maximum atomic E-state index is 13.2. The number of piperazine rings is 1. The lowest BCUT2D eigenvalue weighted by atomic mass is 9.91. The molecule has 0 aliphatic carbocycles. The fourth-order valence-electron chi connectivity index (χ4n) is 3.33. The lowest BCUT2D eigenvalue weighted by Gasteiger charge is -2.35. The topological polar surface area (TPSA) is 70.6 Å². The van der Waals surface area contributed by atoms with E-state index < -0.39 is 10.0 Å². The molecular formula is C20H27N3O3S. The van der Waals surface area contributed by atoms with Crippen LogP contribution in [0.15, 0.2) is 35.4 Å². The quantitative estimate of drug-likeness (QED) is 0.809. The van der Waals surface area contributed by atoms with Crippen LogP contribution in [0.25, 0.3) is 10.9 Å². The molecule has 146 valence electrons. The Balaban J connectivity index is 1.79. The zero-order valence-electron chi connectivity index (χ0n) is 16.4. The van der Waals surface area contributed by atoms with Gasteiger partial charge in [-0.05, 0) is 30.0 Å². The molecule has 1 aromatic heterocycles. The van der Waals surface area contributed by atoms with Crippen molar-refractivity contribution in [3.63, 3.8) is 0 Å². The zero-order chi connectivity index (χ0) is 19.8. The lowest BCUT2D eigenvalue weighted by Crippen LogP contribution is -2.51. The number of carbonyl (C=O) groups excluding carboxylic acids is 1. The van der Waals surface area contributed by atoms with Gasteiger partial charge in [-0.1, -0.05) is 32.9 Å². The molecule has 0 N–H and O–H groups in total. The first kappa shape index (κ1) is 19.8.